The van der Waals surface area contributed by atoms with Gasteiger partial charge in [-0.3, -0.25) is 0 Å². The van der Waals surface area contributed by atoms with E-state index in [9.17, 15) is 0 Å². The van der Waals surface area contributed by atoms with Gasteiger partial charge in [0.15, 0.2) is 0 Å². The molecule has 4 nitrogen and oxygen atoms in total. The number of likely N-dealkylation sites (tertiary alicyclic amines) is 1. The van der Waals surface area contributed by atoms with Crippen LogP contribution < -0.4 is 5.32 Å². The molecule has 1 aromatic rings. The maximum atomic E-state index is 8.86. The summed E-state index contributed by atoms with van der Waals surface area (Å²) in [4.78, 5) is 2.53. The van der Waals surface area contributed by atoms with Gasteiger partial charge in [0.1, 0.15) is 18.1 Å². The second-order valence-electron chi connectivity index (χ2n) is 4.61. The van der Waals surface area contributed by atoms with Crippen LogP contribution >= 0.6 is 0 Å². The highest BCUT2D eigenvalue weighted by molar-refractivity contribution is 5.05. The maximum absolute atomic E-state index is 8.86. The molecule has 0 unspecified atom stereocenters. The van der Waals surface area contributed by atoms with Crippen LogP contribution in [0.1, 0.15) is 30.8 Å². The summed E-state index contributed by atoms with van der Waals surface area (Å²) in [6.07, 6.45) is 3.92. The summed E-state index contributed by atoms with van der Waals surface area (Å²) in [7, 11) is 0. The molecule has 1 aliphatic heterocycles. The van der Waals surface area contributed by atoms with Crippen LogP contribution in [0, 0.1) is 0 Å². The van der Waals surface area contributed by atoms with Crippen molar-refractivity contribution in [2.75, 3.05) is 26.2 Å². The van der Waals surface area contributed by atoms with Gasteiger partial charge in [0.05, 0.1) is 6.54 Å². The molecule has 4 heteroatoms. The van der Waals surface area contributed by atoms with E-state index in [0.717, 1.165) is 18.8 Å². The lowest BCUT2D eigenvalue weighted by Gasteiger charge is -2.13. The van der Waals surface area contributed by atoms with Crippen molar-refractivity contribution in [1.82, 2.24) is 10.2 Å². The van der Waals surface area contributed by atoms with Gasteiger partial charge in [-0.25, -0.2) is 0 Å². The minimum atomic E-state index is -0.0189. The molecule has 0 spiro atoms. The quantitative estimate of drug-likeness (QED) is 0.704. The summed E-state index contributed by atoms with van der Waals surface area (Å²) < 4.78 is 5.39. The van der Waals surface area contributed by atoms with Gasteiger partial charge >= 0.3 is 0 Å². The molecule has 0 aliphatic carbocycles. The number of nitrogens with zero attached hydrogens (tertiary/aromatic N) is 1. The molecule has 1 fully saturated rings. The van der Waals surface area contributed by atoms with Gasteiger partial charge < -0.3 is 19.7 Å². The van der Waals surface area contributed by atoms with Crippen LogP contribution in [0.2, 0.25) is 0 Å². The summed E-state index contributed by atoms with van der Waals surface area (Å²) in [5.74, 6) is 1.54. The van der Waals surface area contributed by atoms with Gasteiger partial charge in [-0.05, 0) is 57.6 Å². The topological polar surface area (TPSA) is 48.6 Å². The molecule has 2 heterocycles. The average Bonchev–Trinajstić information content (AvgIpc) is 2.99. The smallest absolute Gasteiger partial charge is 0.129 e. The Hall–Kier alpha value is -0.840. The minimum absolute atomic E-state index is 0.0189. The minimum Gasteiger partial charge on any atom is -0.462 e. The lowest BCUT2D eigenvalue weighted by atomic mass is 10.3. The lowest BCUT2D eigenvalue weighted by molar-refractivity contribution is 0.242. The molecular weight excluding hydrogens is 216 g/mol. The highest BCUT2D eigenvalue weighted by Crippen LogP contribution is 2.08. The highest BCUT2D eigenvalue weighted by atomic mass is 16.4. The Kier molecular flexibility index (Phi) is 5.04. The van der Waals surface area contributed by atoms with Crippen LogP contribution in [0.15, 0.2) is 16.5 Å². The van der Waals surface area contributed by atoms with Crippen LogP contribution in [0.25, 0.3) is 0 Å². The predicted molar refractivity (Wildman–Crippen MR) is 66.6 cm³/mol. The zero-order valence-corrected chi connectivity index (χ0v) is 10.3. The normalized spacial score (nSPS) is 16.8. The second-order valence-corrected chi connectivity index (χ2v) is 4.61. The van der Waals surface area contributed by atoms with E-state index in [2.05, 4.69) is 10.2 Å². The van der Waals surface area contributed by atoms with Crippen molar-refractivity contribution in [2.45, 2.75) is 32.4 Å². The first-order chi connectivity index (χ1) is 8.38. The second kappa shape index (κ2) is 6.79. The van der Waals surface area contributed by atoms with E-state index in [1.54, 1.807) is 0 Å². The Morgan fingerprint density at radius 1 is 1.24 bits per heavy atom. The van der Waals surface area contributed by atoms with Crippen molar-refractivity contribution in [1.29, 1.82) is 0 Å². The van der Waals surface area contributed by atoms with Crippen molar-refractivity contribution in [3.05, 3.63) is 23.7 Å². The van der Waals surface area contributed by atoms with E-state index in [1.165, 1.54) is 38.9 Å². The van der Waals surface area contributed by atoms with Crippen molar-refractivity contribution in [3.8, 4) is 0 Å². The number of hydrogen-bond donors (Lipinski definition) is 2. The Balaban J connectivity index is 1.53. The monoisotopic (exact) mass is 238 g/mol. The van der Waals surface area contributed by atoms with E-state index < -0.39 is 0 Å². The van der Waals surface area contributed by atoms with E-state index in [-0.39, 0.29) is 6.61 Å². The molecule has 1 aromatic heterocycles. The third kappa shape index (κ3) is 4.15. The molecule has 0 atom stereocenters. The Labute approximate surface area is 103 Å². The fraction of sp³-hybridized carbons (Fsp3) is 0.692. The fourth-order valence-electron chi connectivity index (χ4n) is 2.25. The number of nitrogens with one attached hydrogen (secondary N) is 1. The molecule has 0 radical (unpaired) electrons. The SMILES string of the molecule is OCc1ccc(CNCCCN2CCCC2)o1. The van der Waals surface area contributed by atoms with Crippen molar-refractivity contribution >= 4 is 0 Å². The zero-order chi connectivity index (χ0) is 11.9. The van der Waals surface area contributed by atoms with Crippen LogP contribution in [0.4, 0.5) is 0 Å². The largest absolute Gasteiger partial charge is 0.462 e. The molecule has 96 valence electrons. The number of hydrogen-bond acceptors (Lipinski definition) is 4. The van der Waals surface area contributed by atoms with Gasteiger partial charge in [-0.1, -0.05) is 0 Å². The molecule has 1 aliphatic rings. The first-order valence-corrected chi connectivity index (χ1v) is 6.50. The number of rotatable bonds is 7. The van der Waals surface area contributed by atoms with Gasteiger partial charge in [-0.15, -0.1) is 0 Å². The highest BCUT2D eigenvalue weighted by Gasteiger charge is 2.09. The standard InChI is InChI=1S/C13H22N2O2/c16-11-13-5-4-12(17-13)10-14-6-3-9-15-7-1-2-8-15/h4-5,14,16H,1-3,6-11H2. The maximum Gasteiger partial charge on any atom is 0.129 e. The van der Waals surface area contributed by atoms with Gasteiger partial charge in [0, 0.05) is 0 Å². The summed E-state index contributed by atoms with van der Waals surface area (Å²) in [5, 5.41) is 12.2. The van der Waals surface area contributed by atoms with E-state index in [4.69, 9.17) is 9.52 Å². The fourth-order valence-corrected chi connectivity index (χ4v) is 2.25. The molecule has 0 aromatic carbocycles. The number of aliphatic hydroxyl groups excluding tert-OH is 1. The number of aliphatic hydroxyl groups is 1. The van der Waals surface area contributed by atoms with Crippen molar-refractivity contribution in [2.24, 2.45) is 0 Å². The van der Waals surface area contributed by atoms with Gasteiger partial charge in [0.25, 0.3) is 0 Å². The van der Waals surface area contributed by atoms with Gasteiger partial charge in [-0.2, -0.15) is 0 Å². The Morgan fingerprint density at radius 3 is 2.71 bits per heavy atom. The van der Waals surface area contributed by atoms with E-state index >= 15 is 0 Å². The zero-order valence-electron chi connectivity index (χ0n) is 10.3. The molecule has 0 bridgehead atoms. The predicted octanol–water partition coefficient (Wildman–Crippen LogP) is 1.35. The van der Waals surface area contributed by atoms with E-state index in [1.807, 2.05) is 12.1 Å². The molecular formula is C13H22N2O2. The summed E-state index contributed by atoms with van der Waals surface area (Å²) >= 11 is 0. The molecule has 0 amide bonds. The van der Waals surface area contributed by atoms with Crippen molar-refractivity contribution < 1.29 is 9.52 Å². The molecule has 17 heavy (non-hydrogen) atoms. The third-order valence-corrected chi connectivity index (χ3v) is 3.20. The molecule has 2 rings (SSSR count). The molecule has 1 saturated heterocycles. The molecule has 0 saturated carbocycles. The Bertz CT molecular complexity index is 319. The van der Waals surface area contributed by atoms with Crippen LogP contribution in [-0.2, 0) is 13.2 Å². The Morgan fingerprint density at radius 2 is 2.00 bits per heavy atom. The van der Waals surface area contributed by atoms with Crippen LogP contribution in [0.5, 0.6) is 0 Å². The summed E-state index contributed by atoms with van der Waals surface area (Å²) in [5.41, 5.74) is 0. The summed E-state index contributed by atoms with van der Waals surface area (Å²) in [6.45, 7) is 5.50. The lowest BCUT2D eigenvalue weighted by Crippen LogP contribution is -2.24. The van der Waals surface area contributed by atoms with Crippen LogP contribution in [0.3, 0.4) is 0 Å². The number of furan rings is 1. The third-order valence-electron chi connectivity index (χ3n) is 3.20. The molecule has 2 N–H and O–H groups in total. The van der Waals surface area contributed by atoms with E-state index in [0.29, 0.717) is 5.76 Å². The first kappa shape index (κ1) is 12.6. The van der Waals surface area contributed by atoms with Gasteiger partial charge in [0.2, 0.25) is 0 Å². The summed E-state index contributed by atoms with van der Waals surface area (Å²) in [6, 6.07) is 3.74. The first-order valence-electron chi connectivity index (χ1n) is 6.50. The van der Waals surface area contributed by atoms with Crippen LogP contribution in [-0.4, -0.2) is 36.2 Å². The van der Waals surface area contributed by atoms with Crippen molar-refractivity contribution in [3.63, 3.8) is 0 Å². The average molecular weight is 238 g/mol.